The summed E-state index contributed by atoms with van der Waals surface area (Å²) in [5, 5.41) is 0. The normalized spacial score (nSPS) is 12.4. The molecular formula is C57H102O6. The van der Waals surface area contributed by atoms with Crippen molar-refractivity contribution in [3.05, 3.63) is 48.6 Å². The van der Waals surface area contributed by atoms with Crippen molar-refractivity contribution in [3.63, 3.8) is 0 Å². The van der Waals surface area contributed by atoms with E-state index in [1.54, 1.807) is 0 Å². The van der Waals surface area contributed by atoms with Gasteiger partial charge in [-0.1, -0.05) is 249 Å². The molecule has 0 N–H and O–H groups in total. The number of unbranched alkanes of at least 4 members (excludes halogenated alkanes) is 30. The van der Waals surface area contributed by atoms with E-state index < -0.39 is 6.10 Å². The lowest BCUT2D eigenvalue weighted by Gasteiger charge is -2.18. The Balaban J connectivity index is 4.40. The molecule has 0 aromatic carbocycles. The van der Waals surface area contributed by atoms with Crippen LogP contribution in [0, 0.1) is 0 Å². The third-order valence-corrected chi connectivity index (χ3v) is 11.8. The molecule has 0 spiro atoms. The highest BCUT2D eigenvalue weighted by atomic mass is 16.6. The number of carbonyl (C=O) groups is 3. The molecule has 366 valence electrons. The van der Waals surface area contributed by atoms with Gasteiger partial charge in [-0.15, -0.1) is 0 Å². The Hall–Kier alpha value is -2.63. The van der Waals surface area contributed by atoms with Crippen molar-refractivity contribution >= 4 is 17.9 Å². The summed E-state index contributed by atoms with van der Waals surface area (Å²) in [6.07, 6.45) is 62.4. The maximum atomic E-state index is 12.8. The van der Waals surface area contributed by atoms with Gasteiger partial charge in [-0.2, -0.15) is 0 Å². The summed E-state index contributed by atoms with van der Waals surface area (Å²) >= 11 is 0. The highest BCUT2D eigenvalue weighted by Gasteiger charge is 2.19. The molecule has 0 radical (unpaired) electrons. The van der Waals surface area contributed by atoms with Crippen molar-refractivity contribution in [1.82, 2.24) is 0 Å². The highest BCUT2D eigenvalue weighted by Crippen LogP contribution is 2.16. The van der Waals surface area contributed by atoms with E-state index in [0.717, 1.165) is 64.2 Å². The average Bonchev–Trinajstić information content (AvgIpc) is 3.28. The summed E-state index contributed by atoms with van der Waals surface area (Å²) in [5.41, 5.74) is 0. The van der Waals surface area contributed by atoms with Crippen LogP contribution in [0.2, 0.25) is 0 Å². The van der Waals surface area contributed by atoms with E-state index in [-0.39, 0.29) is 37.5 Å². The number of rotatable bonds is 49. The molecule has 0 saturated carbocycles. The molecule has 0 fully saturated rings. The molecular weight excluding hydrogens is 781 g/mol. The van der Waals surface area contributed by atoms with Gasteiger partial charge in [-0.3, -0.25) is 14.4 Å². The number of hydrogen-bond acceptors (Lipinski definition) is 6. The van der Waals surface area contributed by atoms with Crippen LogP contribution in [0.15, 0.2) is 48.6 Å². The van der Waals surface area contributed by atoms with Gasteiger partial charge in [0.05, 0.1) is 0 Å². The number of ether oxygens (including phenoxy) is 3. The molecule has 0 saturated heterocycles. The minimum atomic E-state index is -0.790. The first-order chi connectivity index (χ1) is 31.0. The zero-order valence-corrected chi connectivity index (χ0v) is 41.8. The second-order valence-corrected chi connectivity index (χ2v) is 18.2. The molecule has 0 aliphatic heterocycles. The summed E-state index contributed by atoms with van der Waals surface area (Å²) in [7, 11) is 0. The first-order valence-electron chi connectivity index (χ1n) is 27.1. The molecule has 0 aliphatic carbocycles. The lowest BCUT2D eigenvalue weighted by atomic mass is 10.0. The maximum Gasteiger partial charge on any atom is 0.306 e. The Bertz CT molecular complexity index is 1110. The van der Waals surface area contributed by atoms with Gasteiger partial charge in [0.25, 0.3) is 0 Å². The highest BCUT2D eigenvalue weighted by molar-refractivity contribution is 5.71. The Morgan fingerprint density at radius 2 is 0.587 bits per heavy atom. The number of allylic oxidation sites excluding steroid dienone is 8. The SMILES string of the molecule is CCCCC/C=C\C/C=C\C/C=C\C/C=C\CCCC(=O)OC[C@@H](COC(=O)CCCCCCCCCCCCC)OC(=O)CCCCCCCCCCCCCCCCCCC. The molecule has 6 heteroatoms. The van der Waals surface area contributed by atoms with Crippen LogP contribution in [0.25, 0.3) is 0 Å². The van der Waals surface area contributed by atoms with Crippen molar-refractivity contribution in [1.29, 1.82) is 0 Å². The molecule has 0 bridgehead atoms. The van der Waals surface area contributed by atoms with Gasteiger partial charge in [0.1, 0.15) is 13.2 Å². The van der Waals surface area contributed by atoms with Crippen molar-refractivity contribution in [2.45, 2.75) is 284 Å². The smallest absolute Gasteiger partial charge is 0.306 e. The summed E-state index contributed by atoms with van der Waals surface area (Å²) in [6.45, 7) is 6.58. The van der Waals surface area contributed by atoms with Crippen LogP contribution in [0.5, 0.6) is 0 Å². The first kappa shape index (κ1) is 60.4. The predicted octanol–water partition coefficient (Wildman–Crippen LogP) is 17.9. The molecule has 6 nitrogen and oxygen atoms in total. The van der Waals surface area contributed by atoms with E-state index >= 15 is 0 Å². The third-order valence-electron chi connectivity index (χ3n) is 11.8. The molecule has 0 aromatic rings. The van der Waals surface area contributed by atoms with Crippen LogP contribution in [-0.2, 0) is 28.6 Å². The largest absolute Gasteiger partial charge is 0.462 e. The molecule has 63 heavy (non-hydrogen) atoms. The van der Waals surface area contributed by atoms with Crippen LogP contribution < -0.4 is 0 Å². The predicted molar refractivity (Wildman–Crippen MR) is 270 cm³/mol. The van der Waals surface area contributed by atoms with Crippen molar-refractivity contribution < 1.29 is 28.6 Å². The molecule has 0 aromatic heterocycles. The topological polar surface area (TPSA) is 78.9 Å². The zero-order chi connectivity index (χ0) is 45.8. The first-order valence-corrected chi connectivity index (χ1v) is 27.1. The number of hydrogen-bond donors (Lipinski definition) is 0. The average molecular weight is 883 g/mol. The van der Waals surface area contributed by atoms with Gasteiger partial charge in [-0.25, -0.2) is 0 Å². The van der Waals surface area contributed by atoms with Gasteiger partial charge in [0.2, 0.25) is 0 Å². The van der Waals surface area contributed by atoms with E-state index in [2.05, 4.69) is 69.4 Å². The quantitative estimate of drug-likeness (QED) is 0.0262. The minimum absolute atomic E-state index is 0.0862. The van der Waals surface area contributed by atoms with Crippen molar-refractivity contribution in [3.8, 4) is 0 Å². The second-order valence-electron chi connectivity index (χ2n) is 18.2. The van der Waals surface area contributed by atoms with E-state index in [0.29, 0.717) is 19.3 Å². The fraction of sp³-hybridized carbons (Fsp3) is 0.807. The molecule has 0 amide bonds. The molecule has 1 atom stereocenters. The van der Waals surface area contributed by atoms with Crippen LogP contribution in [0.1, 0.15) is 278 Å². The van der Waals surface area contributed by atoms with Gasteiger partial charge in [-0.05, 0) is 57.8 Å². The summed E-state index contributed by atoms with van der Waals surface area (Å²) < 4.78 is 16.8. The fourth-order valence-corrected chi connectivity index (χ4v) is 7.73. The van der Waals surface area contributed by atoms with E-state index in [1.165, 1.54) is 167 Å². The standard InChI is InChI=1S/C57H102O6/c1-4-7-10-13-16-19-22-24-26-28-30-32-35-38-41-44-47-50-56(59)62-53-54(52-61-55(58)49-46-43-40-37-34-21-18-15-12-9-6-3)63-57(60)51-48-45-42-39-36-33-31-29-27-25-23-20-17-14-11-8-5-2/h16,19,24,26,30,32,38,41,54H,4-15,17-18,20-23,25,27-29,31,33-37,39-40,42-53H2,1-3H3/b19-16-,26-24-,32-30-,41-38-/t54-/m1/s1. The van der Waals surface area contributed by atoms with Gasteiger partial charge in [0, 0.05) is 19.3 Å². The van der Waals surface area contributed by atoms with Gasteiger partial charge < -0.3 is 14.2 Å². The molecule has 0 heterocycles. The Kier molecular flexibility index (Phi) is 49.8. The van der Waals surface area contributed by atoms with Gasteiger partial charge >= 0.3 is 17.9 Å². The maximum absolute atomic E-state index is 12.8. The summed E-state index contributed by atoms with van der Waals surface area (Å²) in [6, 6.07) is 0. The van der Waals surface area contributed by atoms with Crippen molar-refractivity contribution in [2.75, 3.05) is 13.2 Å². The third kappa shape index (κ3) is 50.2. The van der Waals surface area contributed by atoms with E-state index in [1.807, 2.05) is 0 Å². The Labute approximate surface area is 390 Å². The van der Waals surface area contributed by atoms with Crippen LogP contribution in [0.3, 0.4) is 0 Å². The number of carbonyl (C=O) groups excluding carboxylic acids is 3. The second kappa shape index (κ2) is 52.0. The lowest BCUT2D eigenvalue weighted by molar-refractivity contribution is -0.167. The lowest BCUT2D eigenvalue weighted by Crippen LogP contribution is -2.30. The zero-order valence-electron chi connectivity index (χ0n) is 41.8. The van der Waals surface area contributed by atoms with Crippen molar-refractivity contribution in [2.24, 2.45) is 0 Å². The van der Waals surface area contributed by atoms with Crippen LogP contribution in [-0.4, -0.2) is 37.2 Å². The Morgan fingerprint density at radius 1 is 0.317 bits per heavy atom. The van der Waals surface area contributed by atoms with E-state index in [4.69, 9.17) is 14.2 Å². The van der Waals surface area contributed by atoms with Crippen LogP contribution >= 0.6 is 0 Å². The fourth-order valence-electron chi connectivity index (χ4n) is 7.73. The minimum Gasteiger partial charge on any atom is -0.462 e. The molecule has 0 unspecified atom stereocenters. The number of esters is 3. The summed E-state index contributed by atoms with van der Waals surface area (Å²) in [4.78, 5) is 38.0. The van der Waals surface area contributed by atoms with Crippen LogP contribution in [0.4, 0.5) is 0 Å². The molecule has 0 rings (SSSR count). The molecule has 0 aliphatic rings. The summed E-state index contributed by atoms with van der Waals surface area (Å²) in [5.74, 6) is -0.933. The van der Waals surface area contributed by atoms with E-state index in [9.17, 15) is 14.4 Å². The Morgan fingerprint density at radius 3 is 0.952 bits per heavy atom. The monoisotopic (exact) mass is 883 g/mol. The van der Waals surface area contributed by atoms with Gasteiger partial charge in [0.15, 0.2) is 6.10 Å².